The molecule has 0 radical (unpaired) electrons. The molecule has 7 nitrogen and oxygen atoms in total. The lowest BCUT2D eigenvalue weighted by molar-refractivity contribution is -0.384. The summed E-state index contributed by atoms with van der Waals surface area (Å²) in [5.74, 6) is -0.732. The lowest BCUT2D eigenvalue weighted by atomic mass is 10.1. The van der Waals surface area contributed by atoms with Gasteiger partial charge in [0.15, 0.2) is 5.02 Å². The van der Waals surface area contributed by atoms with E-state index in [1.54, 1.807) is 0 Å². The number of benzene rings is 1. The molecule has 19 heavy (non-hydrogen) atoms. The molecule has 1 saturated heterocycles. The van der Waals surface area contributed by atoms with Crippen molar-refractivity contribution in [2.24, 2.45) is 5.73 Å². The Morgan fingerprint density at radius 2 is 2.32 bits per heavy atom. The number of hydrogen-bond acceptors (Lipinski definition) is 5. The van der Waals surface area contributed by atoms with E-state index in [9.17, 15) is 14.9 Å². The third kappa shape index (κ3) is 2.94. The van der Waals surface area contributed by atoms with Gasteiger partial charge in [-0.05, 0) is 6.07 Å². The van der Waals surface area contributed by atoms with Crippen LogP contribution in [0.5, 0.6) is 5.75 Å². The van der Waals surface area contributed by atoms with Crippen LogP contribution in [0.15, 0.2) is 12.1 Å². The number of amides is 1. The largest absolute Gasteiger partial charge is 0.489 e. The summed E-state index contributed by atoms with van der Waals surface area (Å²) in [5.41, 5.74) is 4.67. The molecule has 2 rings (SSSR count). The zero-order chi connectivity index (χ0) is 14.0. The van der Waals surface area contributed by atoms with Crippen molar-refractivity contribution >= 4 is 23.2 Å². The van der Waals surface area contributed by atoms with E-state index in [1.807, 2.05) is 0 Å². The average molecular weight is 287 g/mol. The number of hydrogen-bond donors (Lipinski definition) is 1. The predicted molar refractivity (Wildman–Crippen MR) is 66.5 cm³/mol. The van der Waals surface area contributed by atoms with Crippen LogP contribution in [0, 0.1) is 10.1 Å². The number of primary amides is 1. The summed E-state index contributed by atoms with van der Waals surface area (Å²) in [7, 11) is 0. The first-order valence-electron chi connectivity index (χ1n) is 5.51. The van der Waals surface area contributed by atoms with E-state index in [0.717, 1.165) is 12.5 Å². The van der Waals surface area contributed by atoms with Crippen LogP contribution in [-0.2, 0) is 4.74 Å². The Morgan fingerprint density at radius 1 is 1.63 bits per heavy atom. The molecule has 1 aromatic carbocycles. The van der Waals surface area contributed by atoms with Gasteiger partial charge in [-0.15, -0.1) is 0 Å². The minimum absolute atomic E-state index is 0.0272. The molecule has 1 heterocycles. The van der Waals surface area contributed by atoms with E-state index in [0.29, 0.717) is 6.61 Å². The third-order valence-electron chi connectivity index (χ3n) is 2.72. The van der Waals surface area contributed by atoms with Gasteiger partial charge in [0.05, 0.1) is 11.0 Å². The van der Waals surface area contributed by atoms with Gasteiger partial charge in [0.25, 0.3) is 5.69 Å². The van der Waals surface area contributed by atoms with Gasteiger partial charge in [0.1, 0.15) is 12.4 Å². The summed E-state index contributed by atoms with van der Waals surface area (Å²) in [6.45, 7) is 0.891. The van der Waals surface area contributed by atoms with Gasteiger partial charge in [-0.1, -0.05) is 11.6 Å². The fourth-order valence-corrected chi connectivity index (χ4v) is 1.79. The van der Waals surface area contributed by atoms with Gasteiger partial charge >= 0.3 is 0 Å². The molecule has 1 aliphatic rings. The summed E-state index contributed by atoms with van der Waals surface area (Å²) in [4.78, 5) is 21.3. The van der Waals surface area contributed by atoms with Crippen LogP contribution < -0.4 is 10.5 Å². The molecule has 1 atom stereocenters. The number of carbonyl (C=O) groups is 1. The van der Waals surface area contributed by atoms with Crippen molar-refractivity contribution in [3.05, 3.63) is 32.8 Å². The molecule has 1 aromatic rings. The maximum absolute atomic E-state index is 11.1. The van der Waals surface area contributed by atoms with Crippen molar-refractivity contribution in [3.63, 3.8) is 0 Å². The number of halogens is 1. The minimum atomic E-state index is -0.787. The second kappa shape index (κ2) is 5.41. The molecule has 102 valence electrons. The number of nitro benzene ring substituents is 1. The zero-order valence-electron chi connectivity index (χ0n) is 9.80. The van der Waals surface area contributed by atoms with Gasteiger partial charge < -0.3 is 15.2 Å². The molecular weight excluding hydrogens is 276 g/mol. The molecule has 0 spiro atoms. The Kier molecular flexibility index (Phi) is 3.87. The summed E-state index contributed by atoms with van der Waals surface area (Å²) < 4.78 is 10.5. The Balaban J connectivity index is 2.28. The maximum Gasteiger partial charge on any atom is 0.292 e. The Hall–Kier alpha value is -1.86. The van der Waals surface area contributed by atoms with Gasteiger partial charge in [-0.2, -0.15) is 0 Å². The van der Waals surface area contributed by atoms with Crippen LogP contribution >= 0.6 is 11.6 Å². The van der Waals surface area contributed by atoms with Crippen molar-refractivity contribution in [2.75, 3.05) is 13.2 Å². The monoisotopic (exact) mass is 286 g/mol. The molecule has 0 saturated carbocycles. The lowest BCUT2D eigenvalue weighted by Gasteiger charge is -2.26. The van der Waals surface area contributed by atoms with Crippen molar-refractivity contribution < 1.29 is 19.2 Å². The molecule has 1 fully saturated rings. The second-order valence-corrected chi connectivity index (χ2v) is 4.40. The first-order chi connectivity index (χ1) is 8.99. The van der Waals surface area contributed by atoms with E-state index in [4.69, 9.17) is 26.8 Å². The number of rotatable bonds is 5. The highest BCUT2D eigenvalue weighted by Gasteiger charge is 2.23. The molecule has 1 aliphatic heterocycles. The van der Waals surface area contributed by atoms with Crippen LogP contribution in [0.2, 0.25) is 5.02 Å². The highest BCUT2D eigenvalue weighted by atomic mass is 35.5. The standard InChI is InChI=1S/C11H11ClN2O5/c12-10-8(14(16)17)3-6(11(13)15)4-9(10)19-5-7-1-2-18-7/h3-4,7H,1-2,5H2,(H2,13,15). The number of nitrogens with zero attached hydrogens (tertiary/aromatic N) is 1. The van der Waals surface area contributed by atoms with E-state index in [1.165, 1.54) is 6.07 Å². The Bertz CT molecular complexity index is 530. The highest BCUT2D eigenvalue weighted by molar-refractivity contribution is 6.34. The fraction of sp³-hybridized carbons (Fsp3) is 0.364. The van der Waals surface area contributed by atoms with E-state index < -0.39 is 16.5 Å². The lowest BCUT2D eigenvalue weighted by Crippen LogP contribution is -2.32. The quantitative estimate of drug-likeness (QED) is 0.652. The molecule has 8 heteroatoms. The van der Waals surface area contributed by atoms with Crippen LogP contribution in [0.4, 0.5) is 5.69 Å². The first-order valence-corrected chi connectivity index (χ1v) is 5.89. The number of nitrogens with two attached hydrogens (primary N) is 1. The van der Waals surface area contributed by atoms with Gasteiger partial charge in [0.2, 0.25) is 5.91 Å². The third-order valence-corrected chi connectivity index (χ3v) is 3.10. The molecule has 1 amide bonds. The van der Waals surface area contributed by atoms with Gasteiger partial charge in [-0.25, -0.2) is 0 Å². The van der Waals surface area contributed by atoms with Crippen LogP contribution in [-0.4, -0.2) is 30.1 Å². The Labute approximate surface area is 113 Å². The Morgan fingerprint density at radius 3 is 2.79 bits per heavy atom. The van der Waals surface area contributed by atoms with Crippen molar-refractivity contribution in [1.82, 2.24) is 0 Å². The number of ether oxygens (including phenoxy) is 2. The van der Waals surface area contributed by atoms with E-state index in [-0.39, 0.29) is 29.0 Å². The molecule has 0 aliphatic carbocycles. The van der Waals surface area contributed by atoms with Crippen LogP contribution in [0.3, 0.4) is 0 Å². The molecule has 0 aromatic heterocycles. The minimum Gasteiger partial charge on any atom is -0.489 e. The van der Waals surface area contributed by atoms with Crippen LogP contribution in [0.1, 0.15) is 16.8 Å². The summed E-state index contributed by atoms with van der Waals surface area (Å²) in [6, 6.07) is 2.31. The zero-order valence-corrected chi connectivity index (χ0v) is 10.6. The van der Waals surface area contributed by atoms with Crippen molar-refractivity contribution in [1.29, 1.82) is 0 Å². The smallest absolute Gasteiger partial charge is 0.292 e. The van der Waals surface area contributed by atoms with E-state index in [2.05, 4.69) is 0 Å². The maximum atomic E-state index is 11.1. The first kappa shape index (κ1) is 13.6. The molecular formula is C11H11ClN2O5. The molecule has 0 bridgehead atoms. The topological polar surface area (TPSA) is 105 Å². The van der Waals surface area contributed by atoms with E-state index >= 15 is 0 Å². The normalized spacial score (nSPS) is 17.6. The van der Waals surface area contributed by atoms with Crippen molar-refractivity contribution in [3.8, 4) is 5.75 Å². The number of nitro groups is 1. The number of carbonyl (C=O) groups excluding carboxylic acids is 1. The summed E-state index contributed by atoms with van der Waals surface area (Å²) in [6.07, 6.45) is 0.808. The molecule has 2 N–H and O–H groups in total. The highest BCUT2D eigenvalue weighted by Crippen LogP contribution is 2.35. The predicted octanol–water partition coefficient (Wildman–Crippen LogP) is 1.51. The van der Waals surface area contributed by atoms with Crippen LogP contribution in [0.25, 0.3) is 0 Å². The summed E-state index contributed by atoms with van der Waals surface area (Å²) in [5, 5.41) is 10.7. The average Bonchev–Trinajstić information content (AvgIpc) is 2.28. The summed E-state index contributed by atoms with van der Waals surface area (Å²) >= 11 is 5.87. The second-order valence-electron chi connectivity index (χ2n) is 4.02. The molecule has 1 unspecified atom stereocenters. The SMILES string of the molecule is NC(=O)c1cc(OCC2CCO2)c(Cl)c([N+](=O)[O-])c1. The van der Waals surface area contributed by atoms with Crippen molar-refractivity contribution in [2.45, 2.75) is 12.5 Å². The fourth-order valence-electron chi connectivity index (χ4n) is 1.56. The van der Waals surface area contributed by atoms with Gasteiger partial charge in [-0.3, -0.25) is 14.9 Å². The van der Waals surface area contributed by atoms with Gasteiger partial charge in [0, 0.05) is 24.7 Å².